The van der Waals surface area contributed by atoms with E-state index >= 15 is 0 Å². The number of nitrogens with one attached hydrogen (secondary N) is 2. The quantitative estimate of drug-likeness (QED) is 0.750. The molecule has 0 unspecified atom stereocenters. The zero-order valence-corrected chi connectivity index (χ0v) is 14.4. The number of benzene rings is 1. The van der Waals surface area contributed by atoms with E-state index in [1.54, 1.807) is 0 Å². The van der Waals surface area contributed by atoms with Gasteiger partial charge >= 0.3 is 0 Å². The average molecular weight is 370 g/mol. The summed E-state index contributed by atoms with van der Waals surface area (Å²) >= 11 is 9.45. The van der Waals surface area contributed by atoms with E-state index in [1.165, 1.54) is 0 Å². The molecule has 0 aliphatic carbocycles. The molecule has 1 heterocycles. The predicted octanol–water partition coefficient (Wildman–Crippen LogP) is 5.02. The summed E-state index contributed by atoms with van der Waals surface area (Å²) in [5.74, 6) is 2.42. The molecule has 2 rings (SSSR count). The van der Waals surface area contributed by atoms with Crippen molar-refractivity contribution in [2.75, 3.05) is 17.2 Å². The van der Waals surface area contributed by atoms with Crippen LogP contribution in [-0.4, -0.2) is 16.5 Å². The van der Waals surface area contributed by atoms with E-state index < -0.39 is 0 Å². The van der Waals surface area contributed by atoms with Crippen LogP contribution in [0, 0.1) is 0 Å². The number of aromatic nitrogens is 2. The highest BCUT2D eigenvalue weighted by molar-refractivity contribution is 9.10. The average Bonchev–Trinajstić information content (AvgIpc) is 2.48. The Morgan fingerprint density at radius 1 is 1.14 bits per heavy atom. The van der Waals surface area contributed by atoms with Gasteiger partial charge < -0.3 is 10.6 Å². The highest BCUT2D eigenvalue weighted by Gasteiger charge is 2.06. The molecule has 6 heteroatoms. The van der Waals surface area contributed by atoms with E-state index in [2.05, 4.69) is 43.5 Å². The molecule has 0 amide bonds. The fourth-order valence-corrected chi connectivity index (χ4v) is 2.57. The molecule has 0 spiro atoms. The first-order chi connectivity index (χ1) is 10.1. The monoisotopic (exact) mass is 368 g/mol. The van der Waals surface area contributed by atoms with Gasteiger partial charge in [0, 0.05) is 28.5 Å². The molecule has 0 saturated heterocycles. The molecule has 21 heavy (non-hydrogen) atoms. The second-order valence-electron chi connectivity index (χ2n) is 4.58. The number of halogens is 2. The lowest BCUT2D eigenvalue weighted by molar-refractivity contribution is 0.919. The SMILES string of the molecule is CCCNc1cc(Nc2ccc(Cl)cc2Br)nc(CC)n1. The van der Waals surface area contributed by atoms with Crippen LogP contribution in [0.4, 0.5) is 17.3 Å². The van der Waals surface area contributed by atoms with Crippen molar-refractivity contribution >= 4 is 44.9 Å². The first kappa shape index (κ1) is 16.0. The van der Waals surface area contributed by atoms with Crippen molar-refractivity contribution in [2.24, 2.45) is 0 Å². The van der Waals surface area contributed by atoms with Crippen LogP contribution in [0.5, 0.6) is 0 Å². The summed E-state index contributed by atoms with van der Waals surface area (Å²) in [6.45, 7) is 5.06. The molecule has 0 saturated carbocycles. The summed E-state index contributed by atoms with van der Waals surface area (Å²) in [4.78, 5) is 8.98. The topological polar surface area (TPSA) is 49.8 Å². The molecule has 2 aromatic rings. The molecule has 1 aromatic carbocycles. The molecule has 0 aliphatic rings. The van der Waals surface area contributed by atoms with Gasteiger partial charge in [0.1, 0.15) is 17.5 Å². The first-order valence-corrected chi connectivity index (χ1v) is 8.13. The lowest BCUT2D eigenvalue weighted by Gasteiger charge is -2.11. The Morgan fingerprint density at radius 2 is 1.90 bits per heavy atom. The van der Waals surface area contributed by atoms with Gasteiger partial charge in [-0.15, -0.1) is 0 Å². The Balaban J connectivity index is 2.25. The van der Waals surface area contributed by atoms with Crippen molar-refractivity contribution in [3.8, 4) is 0 Å². The van der Waals surface area contributed by atoms with E-state index in [0.29, 0.717) is 5.02 Å². The third kappa shape index (κ3) is 4.58. The molecular weight excluding hydrogens is 352 g/mol. The Labute approximate surface area is 138 Å². The van der Waals surface area contributed by atoms with Crippen LogP contribution in [0.3, 0.4) is 0 Å². The van der Waals surface area contributed by atoms with Crippen molar-refractivity contribution in [3.05, 3.63) is 39.6 Å². The van der Waals surface area contributed by atoms with Crippen LogP contribution >= 0.6 is 27.5 Å². The third-order valence-corrected chi connectivity index (χ3v) is 3.73. The fourth-order valence-electron chi connectivity index (χ4n) is 1.79. The van der Waals surface area contributed by atoms with Gasteiger partial charge in [-0.3, -0.25) is 0 Å². The van der Waals surface area contributed by atoms with Crippen LogP contribution in [0.15, 0.2) is 28.7 Å². The summed E-state index contributed by atoms with van der Waals surface area (Å²) < 4.78 is 0.898. The molecule has 2 N–H and O–H groups in total. The standard InChI is InChI=1S/C15H18BrClN4/c1-3-7-18-14-9-15(21-13(4-2)20-14)19-12-6-5-10(17)8-11(12)16/h5-6,8-9H,3-4,7H2,1-2H3,(H2,18,19,20,21). The fraction of sp³-hybridized carbons (Fsp3) is 0.333. The number of hydrogen-bond acceptors (Lipinski definition) is 4. The molecule has 0 atom stereocenters. The summed E-state index contributed by atoms with van der Waals surface area (Å²) in [5, 5.41) is 7.28. The zero-order chi connectivity index (χ0) is 15.2. The molecular formula is C15H18BrClN4. The summed E-state index contributed by atoms with van der Waals surface area (Å²) in [6.07, 6.45) is 1.84. The Kier molecular flexibility index (Phi) is 5.82. The maximum Gasteiger partial charge on any atom is 0.136 e. The van der Waals surface area contributed by atoms with E-state index in [0.717, 1.165) is 47.0 Å². The number of anilines is 3. The molecule has 4 nitrogen and oxygen atoms in total. The molecule has 112 valence electrons. The van der Waals surface area contributed by atoms with Crippen molar-refractivity contribution in [3.63, 3.8) is 0 Å². The van der Waals surface area contributed by atoms with Gasteiger partial charge in [-0.2, -0.15) is 0 Å². The molecule has 1 aromatic heterocycles. The molecule has 0 bridgehead atoms. The van der Waals surface area contributed by atoms with Crippen LogP contribution in [0.1, 0.15) is 26.1 Å². The summed E-state index contributed by atoms with van der Waals surface area (Å²) in [7, 11) is 0. The smallest absolute Gasteiger partial charge is 0.136 e. The molecule has 0 radical (unpaired) electrons. The Bertz CT molecular complexity index is 619. The molecule has 0 aliphatic heterocycles. The second-order valence-corrected chi connectivity index (χ2v) is 5.87. The van der Waals surface area contributed by atoms with E-state index in [4.69, 9.17) is 11.6 Å². The number of rotatable bonds is 6. The highest BCUT2D eigenvalue weighted by atomic mass is 79.9. The van der Waals surface area contributed by atoms with E-state index in [1.807, 2.05) is 31.2 Å². The zero-order valence-electron chi connectivity index (χ0n) is 12.1. The minimum atomic E-state index is 0.690. The van der Waals surface area contributed by atoms with Gasteiger partial charge in [-0.25, -0.2) is 9.97 Å². The van der Waals surface area contributed by atoms with E-state index in [9.17, 15) is 0 Å². The first-order valence-electron chi connectivity index (χ1n) is 6.96. The minimum Gasteiger partial charge on any atom is -0.370 e. The van der Waals surface area contributed by atoms with Crippen LogP contribution in [-0.2, 0) is 6.42 Å². The van der Waals surface area contributed by atoms with Crippen molar-refractivity contribution in [1.29, 1.82) is 0 Å². The normalized spacial score (nSPS) is 10.5. The molecule has 0 fully saturated rings. The van der Waals surface area contributed by atoms with Crippen molar-refractivity contribution in [1.82, 2.24) is 9.97 Å². The highest BCUT2D eigenvalue weighted by Crippen LogP contribution is 2.28. The second kappa shape index (κ2) is 7.61. The predicted molar refractivity (Wildman–Crippen MR) is 92.6 cm³/mol. The number of hydrogen-bond donors (Lipinski definition) is 2. The number of aryl methyl sites for hydroxylation is 1. The van der Waals surface area contributed by atoms with Crippen LogP contribution in [0.2, 0.25) is 5.02 Å². The summed E-state index contributed by atoms with van der Waals surface area (Å²) in [6, 6.07) is 7.52. The largest absolute Gasteiger partial charge is 0.370 e. The summed E-state index contributed by atoms with van der Waals surface area (Å²) in [5.41, 5.74) is 0.918. The van der Waals surface area contributed by atoms with E-state index in [-0.39, 0.29) is 0 Å². The Morgan fingerprint density at radius 3 is 2.57 bits per heavy atom. The van der Waals surface area contributed by atoms with Gasteiger partial charge in [0.25, 0.3) is 0 Å². The van der Waals surface area contributed by atoms with Crippen molar-refractivity contribution < 1.29 is 0 Å². The Hall–Kier alpha value is -1.33. The minimum absolute atomic E-state index is 0.690. The van der Waals surface area contributed by atoms with Crippen LogP contribution < -0.4 is 10.6 Å². The number of nitrogens with zero attached hydrogens (tertiary/aromatic N) is 2. The third-order valence-electron chi connectivity index (χ3n) is 2.84. The van der Waals surface area contributed by atoms with Gasteiger partial charge in [-0.1, -0.05) is 25.4 Å². The lowest BCUT2D eigenvalue weighted by atomic mass is 10.3. The maximum absolute atomic E-state index is 5.96. The van der Waals surface area contributed by atoms with Gasteiger partial charge in [0.2, 0.25) is 0 Å². The van der Waals surface area contributed by atoms with Gasteiger partial charge in [0.15, 0.2) is 0 Å². The van der Waals surface area contributed by atoms with Gasteiger partial charge in [-0.05, 0) is 40.5 Å². The van der Waals surface area contributed by atoms with Gasteiger partial charge in [0.05, 0.1) is 5.69 Å². The maximum atomic E-state index is 5.96. The lowest BCUT2D eigenvalue weighted by Crippen LogP contribution is -2.07. The van der Waals surface area contributed by atoms with Crippen LogP contribution in [0.25, 0.3) is 0 Å². The van der Waals surface area contributed by atoms with Crippen molar-refractivity contribution in [2.45, 2.75) is 26.7 Å².